The fourth-order valence-corrected chi connectivity index (χ4v) is 2.66. The summed E-state index contributed by atoms with van der Waals surface area (Å²) >= 11 is 0. The normalized spacial score (nSPS) is 20.9. The number of nitrogens with two attached hydrogens (primary N) is 1. The first kappa shape index (κ1) is 16.2. The van der Waals surface area contributed by atoms with Crippen molar-refractivity contribution in [3.63, 3.8) is 0 Å². The summed E-state index contributed by atoms with van der Waals surface area (Å²) in [5, 5.41) is 10.1. The van der Waals surface area contributed by atoms with Gasteiger partial charge in [-0.25, -0.2) is 0 Å². The smallest absolute Gasteiger partial charge is 0.119 e. The Hall–Kier alpha value is -1.14. The van der Waals surface area contributed by atoms with Crippen LogP contribution in [0.3, 0.4) is 0 Å². The van der Waals surface area contributed by atoms with E-state index in [1.807, 2.05) is 24.3 Å². The Morgan fingerprint density at radius 1 is 1.38 bits per heavy atom. The Kier molecular flexibility index (Phi) is 5.99. The zero-order valence-electron chi connectivity index (χ0n) is 13.0. The second kappa shape index (κ2) is 7.75. The summed E-state index contributed by atoms with van der Waals surface area (Å²) in [6.07, 6.45) is 0.710. The van der Waals surface area contributed by atoms with Crippen molar-refractivity contribution in [2.24, 2.45) is 5.73 Å². The van der Waals surface area contributed by atoms with Gasteiger partial charge in [0, 0.05) is 25.7 Å². The number of hydrogen-bond acceptors (Lipinski definition) is 5. The fourth-order valence-electron chi connectivity index (χ4n) is 2.66. The molecule has 5 heteroatoms. The summed E-state index contributed by atoms with van der Waals surface area (Å²) in [4.78, 5) is 4.55. The van der Waals surface area contributed by atoms with Crippen molar-refractivity contribution < 1.29 is 9.84 Å². The van der Waals surface area contributed by atoms with Crippen LogP contribution in [0, 0.1) is 0 Å². The molecule has 1 aliphatic rings. The van der Waals surface area contributed by atoms with Gasteiger partial charge in [-0.15, -0.1) is 0 Å². The van der Waals surface area contributed by atoms with Gasteiger partial charge in [-0.2, -0.15) is 0 Å². The summed E-state index contributed by atoms with van der Waals surface area (Å²) < 4.78 is 5.62. The maximum absolute atomic E-state index is 10.1. The van der Waals surface area contributed by atoms with E-state index >= 15 is 0 Å². The molecule has 1 fully saturated rings. The SMILES string of the molecule is CN(C)C1CCN(CC(O)COc2ccc(CN)cc2)C1. The van der Waals surface area contributed by atoms with Crippen LogP contribution in [-0.2, 0) is 6.54 Å². The van der Waals surface area contributed by atoms with Crippen LogP contribution in [0.15, 0.2) is 24.3 Å². The maximum Gasteiger partial charge on any atom is 0.119 e. The lowest BCUT2D eigenvalue weighted by Gasteiger charge is -2.22. The summed E-state index contributed by atoms with van der Waals surface area (Å²) in [7, 11) is 4.22. The topological polar surface area (TPSA) is 62.0 Å². The van der Waals surface area contributed by atoms with Crippen molar-refractivity contribution in [1.82, 2.24) is 9.80 Å². The second-order valence-corrected chi connectivity index (χ2v) is 5.98. The molecule has 3 N–H and O–H groups in total. The van der Waals surface area contributed by atoms with Crippen LogP contribution >= 0.6 is 0 Å². The van der Waals surface area contributed by atoms with E-state index in [4.69, 9.17) is 10.5 Å². The van der Waals surface area contributed by atoms with Crippen LogP contribution in [0.2, 0.25) is 0 Å². The monoisotopic (exact) mass is 293 g/mol. The lowest BCUT2D eigenvalue weighted by Crippen LogP contribution is -2.37. The van der Waals surface area contributed by atoms with Crippen molar-refractivity contribution in [1.29, 1.82) is 0 Å². The largest absolute Gasteiger partial charge is 0.491 e. The summed E-state index contributed by atoms with van der Waals surface area (Å²) in [5.41, 5.74) is 6.63. The Morgan fingerprint density at radius 3 is 2.67 bits per heavy atom. The minimum absolute atomic E-state index is 0.325. The number of likely N-dealkylation sites (N-methyl/N-ethyl adjacent to an activating group) is 1. The highest BCUT2D eigenvalue weighted by Crippen LogP contribution is 2.15. The molecule has 118 valence electrons. The van der Waals surface area contributed by atoms with Crippen LogP contribution in [-0.4, -0.2) is 67.4 Å². The lowest BCUT2D eigenvalue weighted by molar-refractivity contribution is 0.0738. The number of ether oxygens (including phenoxy) is 1. The molecule has 1 aromatic rings. The Bertz CT molecular complexity index is 422. The molecule has 0 spiro atoms. The van der Waals surface area contributed by atoms with E-state index in [1.54, 1.807) is 0 Å². The summed E-state index contributed by atoms with van der Waals surface area (Å²) in [6, 6.07) is 8.29. The van der Waals surface area contributed by atoms with Gasteiger partial charge in [0.25, 0.3) is 0 Å². The molecule has 21 heavy (non-hydrogen) atoms. The minimum Gasteiger partial charge on any atom is -0.491 e. The fraction of sp³-hybridized carbons (Fsp3) is 0.625. The number of likely N-dealkylation sites (tertiary alicyclic amines) is 1. The Labute approximate surface area is 127 Å². The molecule has 5 nitrogen and oxygen atoms in total. The molecule has 1 heterocycles. The maximum atomic E-state index is 10.1. The van der Waals surface area contributed by atoms with E-state index in [9.17, 15) is 5.11 Å². The van der Waals surface area contributed by atoms with Gasteiger partial charge in [0.05, 0.1) is 0 Å². The molecule has 0 radical (unpaired) electrons. The van der Waals surface area contributed by atoms with Crippen LogP contribution in [0.25, 0.3) is 0 Å². The van der Waals surface area contributed by atoms with Crippen LogP contribution in [0.4, 0.5) is 0 Å². The number of aliphatic hydroxyl groups excluding tert-OH is 1. The van der Waals surface area contributed by atoms with Crippen molar-refractivity contribution in [3.8, 4) is 5.75 Å². The van der Waals surface area contributed by atoms with Crippen molar-refractivity contribution in [2.75, 3.05) is 40.3 Å². The summed E-state index contributed by atoms with van der Waals surface area (Å²) in [5.74, 6) is 0.777. The van der Waals surface area contributed by atoms with E-state index in [2.05, 4.69) is 23.9 Å². The number of benzene rings is 1. The van der Waals surface area contributed by atoms with Gasteiger partial charge < -0.3 is 20.5 Å². The minimum atomic E-state index is -0.458. The molecule has 0 saturated carbocycles. The van der Waals surface area contributed by atoms with Gasteiger partial charge in [0.15, 0.2) is 0 Å². The molecular weight excluding hydrogens is 266 g/mol. The van der Waals surface area contributed by atoms with Crippen LogP contribution < -0.4 is 10.5 Å². The molecule has 2 atom stereocenters. The first-order chi connectivity index (χ1) is 10.1. The molecule has 1 saturated heterocycles. The molecule has 1 aromatic carbocycles. The average molecular weight is 293 g/mol. The number of hydrogen-bond donors (Lipinski definition) is 2. The molecule has 1 aliphatic heterocycles. The second-order valence-electron chi connectivity index (χ2n) is 5.98. The third kappa shape index (κ3) is 4.97. The predicted octanol–water partition coefficient (Wildman–Crippen LogP) is 0.521. The Morgan fingerprint density at radius 2 is 2.10 bits per heavy atom. The van der Waals surface area contributed by atoms with Gasteiger partial charge >= 0.3 is 0 Å². The van der Waals surface area contributed by atoms with E-state index in [0.29, 0.717) is 25.7 Å². The van der Waals surface area contributed by atoms with Crippen LogP contribution in [0.1, 0.15) is 12.0 Å². The predicted molar refractivity (Wildman–Crippen MR) is 84.4 cm³/mol. The van der Waals surface area contributed by atoms with Gasteiger partial charge in [0.1, 0.15) is 18.5 Å². The number of aliphatic hydroxyl groups is 1. The van der Waals surface area contributed by atoms with E-state index < -0.39 is 6.10 Å². The third-order valence-electron chi connectivity index (χ3n) is 4.05. The lowest BCUT2D eigenvalue weighted by atomic mass is 10.2. The molecular formula is C16H27N3O2. The zero-order valence-corrected chi connectivity index (χ0v) is 13.0. The third-order valence-corrected chi connectivity index (χ3v) is 4.05. The molecule has 2 unspecified atom stereocenters. The molecule has 0 aliphatic carbocycles. The highest BCUT2D eigenvalue weighted by Gasteiger charge is 2.25. The zero-order chi connectivity index (χ0) is 15.2. The highest BCUT2D eigenvalue weighted by atomic mass is 16.5. The van der Waals surface area contributed by atoms with Gasteiger partial charge in [-0.1, -0.05) is 12.1 Å². The number of rotatable bonds is 7. The molecule has 0 aromatic heterocycles. The van der Waals surface area contributed by atoms with Crippen LogP contribution in [0.5, 0.6) is 5.75 Å². The van der Waals surface area contributed by atoms with Gasteiger partial charge in [-0.05, 0) is 44.8 Å². The van der Waals surface area contributed by atoms with Gasteiger partial charge in [0.2, 0.25) is 0 Å². The number of nitrogens with zero attached hydrogens (tertiary/aromatic N) is 2. The highest BCUT2D eigenvalue weighted by molar-refractivity contribution is 5.27. The molecule has 2 rings (SSSR count). The van der Waals surface area contributed by atoms with E-state index in [-0.39, 0.29) is 0 Å². The molecule has 0 amide bonds. The first-order valence-corrected chi connectivity index (χ1v) is 7.57. The average Bonchev–Trinajstić information content (AvgIpc) is 2.94. The quantitative estimate of drug-likeness (QED) is 0.767. The van der Waals surface area contributed by atoms with Crippen molar-refractivity contribution in [3.05, 3.63) is 29.8 Å². The number of β-amino-alcohol motifs (C(OH)–C–C–N with tert-alkyl or cyclic N) is 1. The first-order valence-electron chi connectivity index (χ1n) is 7.57. The van der Waals surface area contributed by atoms with E-state index in [1.165, 1.54) is 6.42 Å². The van der Waals surface area contributed by atoms with Crippen molar-refractivity contribution >= 4 is 0 Å². The van der Waals surface area contributed by atoms with Crippen molar-refractivity contribution in [2.45, 2.75) is 25.1 Å². The Balaban J connectivity index is 1.71. The van der Waals surface area contributed by atoms with Gasteiger partial charge in [-0.3, -0.25) is 4.90 Å². The van der Waals surface area contributed by atoms with E-state index in [0.717, 1.165) is 24.4 Å². The standard InChI is InChI=1S/C16H27N3O2/c1-18(2)14-7-8-19(10-14)11-15(20)12-21-16-5-3-13(9-17)4-6-16/h3-6,14-15,20H,7-12,17H2,1-2H3. The summed E-state index contributed by atoms with van der Waals surface area (Å²) in [6.45, 7) is 3.60. The molecule has 0 bridgehead atoms.